The summed E-state index contributed by atoms with van der Waals surface area (Å²) in [5.74, 6) is 0.750. The minimum Gasteiger partial charge on any atom is -0.362 e. The molecule has 0 atom stereocenters. The standard InChI is InChI=1S/C19H15ClN4S/c1-12-19(13-6-8-14(20)9-7-13)24-18(25-12)11-22-17-10-21-15-4-2-3-5-16(15)23-17/h2-10H,11H2,1H3,(H,22,23). The van der Waals surface area contributed by atoms with E-state index < -0.39 is 0 Å². The van der Waals surface area contributed by atoms with Crippen molar-refractivity contribution >= 4 is 39.8 Å². The maximum absolute atomic E-state index is 5.96. The van der Waals surface area contributed by atoms with Crippen molar-refractivity contribution in [2.24, 2.45) is 0 Å². The minimum absolute atomic E-state index is 0.617. The van der Waals surface area contributed by atoms with Crippen LogP contribution in [0, 0.1) is 6.92 Å². The van der Waals surface area contributed by atoms with Crippen LogP contribution in [0.15, 0.2) is 54.7 Å². The molecule has 25 heavy (non-hydrogen) atoms. The van der Waals surface area contributed by atoms with E-state index in [2.05, 4.69) is 22.2 Å². The van der Waals surface area contributed by atoms with Crippen LogP contribution in [0.2, 0.25) is 5.02 Å². The third-order valence-electron chi connectivity index (χ3n) is 3.83. The number of benzene rings is 2. The lowest BCUT2D eigenvalue weighted by molar-refractivity contribution is 1.08. The van der Waals surface area contributed by atoms with Crippen LogP contribution in [-0.2, 0) is 6.54 Å². The number of nitrogens with zero attached hydrogens (tertiary/aromatic N) is 3. The minimum atomic E-state index is 0.617. The monoisotopic (exact) mass is 366 g/mol. The summed E-state index contributed by atoms with van der Waals surface area (Å²) in [6.07, 6.45) is 1.75. The zero-order valence-electron chi connectivity index (χ0n) is 13.5. The molecular weight excluding hydrogens is 352 g/mol. The fourth-order valence-electron chi connectivity index (χ4n) is 2.61. The van der Waals surface area contributed by atoms with Gasteiger partial charge in [0.25, 0.3) is 0 Å². The van der Waals surface area contributed by atoms with Gasteiger partial charge in [0.05, 0.1) is 29.5 Å². The molecule has 0 unspecified atom stereocenters. The molecule has 6 heteroatoms. The number of rotatable bonds is 4. The summed E-state index contributed by atoms with van der Waals surface area (Å²) in [4.78, 5) is 14.9. The Morgan fingerprint density at radius 1 is 1.00 bits per heavy atom. The Balaban J connectivity index is 1.52. The predicted octanol–water partition coefficient (Wildman–Crippen LogP) is 5.33. The van der Waals surface area contributed by atoms with Crippen molar-refractivity contribution in [3.63, 3.8) is 0 Å². The van der Waals surface area contributed by atoms with E-state index in [-0.39, 0.29) is 0 Å². The first kappa shape index (κ1) is 16.0. The third-order valence-corrected chi connectivity index (χ3v) is 5.05. The molecule has 0 fully saturated rings. The number of nitrogens with one attached hydrogen (secondary N) is 1. The smallest absolute Gasteiger partial charge is 0.145 e. The first-order chi connectivity index (χ1) is 12.2. The maximum Gasteiger partial charge on any atom is 0.145 e. The first-order valence-electron chi connectivity index (χ1n) is 7.87. The van der Waals surface area contributed by atoms with Gasteiger partial charge in [0.15, 0.2) is 0 Å². The molecule has 0 spiro atoms. The number of aromatic nitrogens is 3. The van der Waals surface area contributed by atoms with E-state index in [1.165, 1.54) is 4.88 Å². The molecule has 1 N–H and O–H groups in total. The summed E-state index contributed by atoms with van der Waals surface area (Å²) in [6, 6.07) is 15.6. The van der Waals surface area contributed by atoms with E-state index >= 15 is 0 Å². The van der Waals surface area contributed by atoms with Gasteiger partial charge in [-0.25, -0.2) is 9.97 Å². The van der Waals surface area contributed by atoms with Crippen molar-refractivity contribution in [3.8, 4) is 11.3 Å². The second-order valence-electron chi connectivity index (χ2n) is 5.62. The summed E-state index contributed by atoms with van der Waals surface area (Å²) < 4.78 is 0. The van der Waals surface area contributed by atoms with E-state index in [4.69, 9.17) is 16.6 Å². The number of hydrogen-bond donors (Lipinski definition) is 1. The second-order valence-corrected chi connectivity index (χ2v) is 7.34. The number of hydrogen-bond acceptors (Lipinski definition) is 5. The van der Waals surface area contributed by atoms with E-state index in [0.29, 0.717) is 6.54 Å². The summed E-state index contributed by atoms with van der Waals surface area (Å²) >= 11 is 7.64. The number of anilines is 1. The van der Waals surface area contributed by atoms with Crippen molar-refractivity contribution in [3.05, 3.63) is 69.6 Å². The van der Waals surface area contributed by atoms with Crippen LogP contribution >= 0.6 is 22.9 Å². The molecule has 4 rings (SSSR count). The zero-order chi connectivity index (χ0) is 17.2. The maximum atomic E-state index is 5.96. The molecule has 0 bridgehead atoms. The molecule has 0 aliphatic heterocycles. The highest BCUT2D eigenvalue weighted by molar-refractivity contribution is 7.12. The molecule has 0 aliphatic rings. The number of para-hydroxylation sites is 2. The quantitative estimate of drug-likeness (QED) is 0.530. The van der Waals surface area contributed by atoms with Crippen molar-refractivity contribution in [2.45, 2.75) is 13.5 Å². The number of aryl methyl sites for hydroxylation is 1. The van der Waals surface area contributed by atoms with Gasteiger partial charge in [-0.2, -0.15) is 0 Å². The molecule has 4 nitrogen and oxygen atoms in total. The SMILES string of the molecule is Cc1sc(CNc2cnc3ccccc3n2)nc1-c1ccc(Cl)cc1. The molecule has 2 aromatic heterocycles. The Labute approximate surface area is 154 Å². The first-order valence-corrected chi connectivity index (χ1v) is 9.06. The molecule has 124 valence electrons. The van der Waals surface area contributed by atoms with Gasteiger partial charge in [-0.3, -0.25) is 4.98 Å². The number of thiazole rings is 1. The third kappa shape index (κ3) is 3.48. The molecule has 2 aromatic carbocycles. The molecular formula is C19H15ClN4S. The summed E-state index contributed by atoms with van der Waals surface area (Å²) in [5, 5.41) is 5.05. The Bertz CT molecular complexity index is 1030. The molecule has 0 radical (unpaired) electrons. The Morgan fingerprint density at radius 2 is 1.76 bits per heavy atom. The van der Waals surface area contributed by atoms with Crippen molar-refractivity contribution < 1.29 is 0 Å². The lowest BCUT2D eigenvalue weighted by atomic mass is 10.1. The van der Waals surface area contributed by atoms with Crippen LogP contribution < -0.4 is 5.32 Å². The normalized spacial score (nSPS) is 11.0. The van der Waals surface area contributed by atoms with Gasteiger partial charge in [0.2, 0.25) is 0 Å². The predicted molar refractivity (Wildman–Crippen MR) is 104 cm³/mol. The highest BCUT2D eigenvalue weighted by atomic mass is 35.5. The van der Waals surface area contributed by atoms with Crippen molar-refractivity contribution in [1.82, 2.24) is 15.0 Å². The fraction of sp³-hybridized carbons (Fsp3) is 0.105. The van der Waals surface area contributed by atoms with Crippen LogP contribution in [0.3, 0.4) is 0 Å². The topological polar surface area (TPSA) is 50.7 Å². The highest BCUT2D eigenvalue weighted by Gasteiger charge is 2.10. The van der Waals surface area contributed by atoms with Gasteiger partial charge in [0.1, 0.15) is 10.8 Å². The molecule has 0 aliphatic carbocycles. The Hall–Kier alpha value is -2.50. The largest absolute Gasteiger partial charge is 0.362 e. The van der Waals surface area contributed by atoms with Crippen LogP contribution in [0.5, 0.6) is 0 Å². The molecule has 0 saturated heterocycles. The van der Waals surface area contributed by atoms with E-state index in [9.17, 15) is 0 Å². The zero-order valence-corrected chi connectivity index (χ0v) is 15.1. The van der Waals surface area contributed by atoms with Gasteiger partial charge in [-0.05, 0) is 31.2 Å². The van der Waals surface area contributed by atoms with Crippen LogP contribution in [-0.4, -0.2) is 15.0 Å². The average Bonchev–Trinajstić information content (AvgIpc) is 3.01. The summed E-state index contributed by atoms with van der Waals surface area (Å²) in [7, 11) is 0. The highest BCUT2D eigenvalue weighted by Crippen LogP contribution is 2.28. The molecule has 2 heterocycles. The number of fused-ring (bicyclic) bond motifs is 1. The van der Waals surface area contributed by atoms with Crippen LogP contribution in [0.4, 0.5) is 5.82 Å². The summed E-state index contributed by atoms with van der Waals surface area (Å²) in [6.45, 7) is 2.70. The Kier molecular flexibility index (Phi) is 4.34. The fourth-order valence-corrected chi connectivity index (χ4v) is 3.63. The second kappa shape index (κ2) is 6.78. The van der Waals surface area contributed by atoms with E-state index in [1.807, 2.05) is 48.5 Å². The van der Waals surface area contributed by atoms with Crippen LogP contribution in [0.25, 0.3) is 22.3 Å². The van der Waals surface area contributed by atoms with Gasteiger partial charge >= 0.3 is 0 Å². The van der Waals surface area contributed by atoms with E-state index in [1.54, 1.807) is 17.5 Å². The summed E-state index contributed by atoms with van der Waals surface area (Å²) in [5.41, 5.74) is 3.85. The molecule has 0 saturated carbocycles. The molecule has 4 aromatic rings. The van der Waals surface area contributed by atoms with Crippen molar-refractivity contribution in [1.29, 1.82) is 0 Å². The lowest BCUT2D eigenvalue weighted by Crippen LogP contribution is -2.01. The average molecular weight is 367 g/mol. The van der Waals surface area contributed by atoms with Crippen LogP contribution in [0.1, 0.15) is 9.88 Å². The lowest BCUT2D eigenvalue weighted by Gasteiger charge is -2.04. The van der Waals surface area contributed by atoms with Gasteiger partial charge < -0.3 is 5.32 Å². The van der Waals surface area contributed by atoms with Gasteiger partial charge in [0, 0.05) is 15.5 Å². The number of halogens is 1. The van der Waals surface area contributed by atoms with E-state index in [0.717, 1.165) is 38.1 Å². The Morgan fingerprint density at radius 3 is 2.56 bits per heavy atom. The van der Waals surface area contributed by atoms with Gasteiger partial charge in [-0.15, -0.1) is 11.3 Å². The van der Waals surface area contributed by atoms with Gasteiger partial charge in [-0.1, -0.05) is 35.9 Å². The molecule has 0 amide bonds. The van der Waals surface area contributed by atoms with Crippen molar-refractivity contribution in [2.75, 3.05) is 5.32 Å².